The topological polar surface area (TPSA) is 84.0 Å². The molecular weight excluding hydrogens is 375 g/mol. The number of rotatable bonds is 12. The molecule has 1 heterocycles. The average Bonchev–Trinajstić information content (AvgIpc) is 3.23. The van der Waals surface area contributed by atoms with Crippen molar-refractivity contribution in [3.8, 4) is 0 Å². The zero-order valence-corrected chi connectivity index (χ0v) is 17.2. The van der Waals surface area contributed by atoms with E-state index < -0.39 is 0 Å². The van der Waals surface area contributed by atoms with E-state index in [-0.39, 0.29) is 18.1 Å². The Hall–Kier alpha value is -2.19. The van der Waals surface area contributed by atoms with Gasteiger partial charge in [-0.05, 0) is 37.5 Å². The van der Waals surface area contributed by atoms with Crippen molar-refractivity contribution in [1.29, 1.82) is 0 Å². The van der Waals surface area contributed by atoms with Gasteiger partial charge in [0, 0.05) is 45.3 Å². The highest BCUT2D eigenvalue weighted by molar-refractivity contribution is 5.80. The van der Waals surface area contributed by atoms with Crippen molar-refractivity contribution >= 4 is 11.9 Å². The van der Waals surface area contributed by atoms with Gasteiger partial charge in [-0.1, -0.05) is 12.1 Å². The molecule has 0 bridgehead atoms. The van der Waals surface area contributed by atoms with Crippen LogP contribution in [0.3, 0.4) is 0 Å². The second-order valence-corrected chi connectivity index (χ2v) is 7.00. The van der Waals surface area contributed by atoms with Crippen molar-refractivity contribution in [2.45, 2.75) is 26.2 Å². The summed E-state index contributed by atoms with van der Waals surface area (Å²) in [6, 6.07) is 5.96. The zero-order valence-electron chi connectivity index (χ0n) is 17.2. The van der Waals surface area contributed by atoms with Crippen LogP contribution in [0.2, 0.25) is 0 Å². The Balaban J connectivity index is 1.55. The van der Waals surface area contributed by atoms with E-state index in [4.69, 9.17) is 9.47 Å². The zero-order chi connectivity index (χ0) is 20.7. The number of nitrogens with zero attached hydrogens (tertiary/aromatic N) is 1. The molecule has 1 saturated heterocycles. The minimum atomic E-state index is -0.302. The van der Waals surface area contributed by atoms with Crippen molar-refractivity contribution in [3.63, 3.8) is 0 Å². The molecule has 1 atom stereocenters. The molecule has 1 aliphatic rings. The monoisotopic (exact) mass is 408 g/mol. The summed E-state index contributed by atoms with van der Waals surface area (Å²) in [5.41, 5.74) is 0.787. The van der Waals surface area contributed by atoms with Gasteiger partial charge in [0.15, 0.2) is 5.96 Å². The molecule has 1 aromatic carbocycles. The second-order valence-electron chi connectivity index (χ2n) is 7.00. The van der Waals surface area contributed by atoms with Crippen LogP contribution in [-0.2, 0) is 20.7 Å². The highest BCUT2D eigenvalue weighted by Crippen LogP contribution is 2.12. The third kappa shape index (κ3) is 10.2. The van der Waals surface area contributed by atoms with E-state index in [1.54, 1.807) is 12.1 Å². The molecule has 162 valence electrons. The first kappa shape index (κ1) is 23.1. The number of hydrogen-bond acceptors (Lipinski definition) is 4. The summed E-state index contributed by atoms with van der Waals surface area (Å²) in [6.45, 7) is 7.62. The molecule has 0 aromatic heterocycles. The summed E-state index contributed by atoms with van der Waals surface area (Å²) < 4.78 is 23.9. The first-order chi connectivity index (χ1) is 14.2. The smallest absolute Gasteiger partial charge is 0.224 e. The van der Waals surface area contributed by atoms with Gasteiger partial charge in [0.2, 0.25) is 5.91 Å². The third-order valence-electron chi connectivity index (χ3n) is 4.46. The molecule has 3 N–H and O–H groups in total. The number of carbonyl (C=O) groups is 1. The number of guanidine groups is 1. The minimum Gasteiger partial charge on any atom is -0.381 e. The molecule has 1 aliphatic heterocycles. The van der Waals surface area contributed by atoms with Gasteiger partial charge in [0.05, 0.1) is 19.6 Å². The number of carbonyl (C=O) groups excluding carboxylic acids is 1. The molecule has 8 heteroatoms. The first-order valence-electron chi connectivity index (χ1n) is 10.4. The Morgan fingerprint density at radius 3 is 2.76 bits per heavy atom. The molecule has 0 spiro atoms. The van der Waals surface area contributed by atoms with Crippen LogP contribution in [0.25, 0.3) is 0 Å². The fourth-order valence-corrected chi connectivity index (χ4v) is 2.90. The third-order valence-corrected chi connectivity index (χ3v) is 4.46. The Morgan fingerprint density at radius 2 is 2.03 bits per heavy atom. The number of amides is 1. The maximum absolute atomic E-state index is 12.9. The molecule has 1 aromatic rings. The van der Waals surface area contributed by atoms with Gasteiger partial charge >= 0.3 is 0 Å². The number of hydrogen-bond donors (Lipinski definition) is 3. The Labute approximate surface area is 172 Å². The van der Waals surface area contributed by atoms with Crippen molar-refractivity contribution in [2.24, 2.45) is 10.9 Å². The van der Waals surface area contributed by atoms with Crippen LogP contribution in [0.4, 0.5) is 4.39 Å². The Kier molecular flexibility index (Phi) is 11.1. The van der Waals surface area contributed by atoms with Crippen molar-refractivity contribution in [1.82, 2.24) is 16.0 Å². The van der Waals surface area contributed by atoms with E-state index in [0.717, 1.165) is 50.7 Å². The number of aliphatic imine (C=N–C) groups is 1. The summed E-state index contributed by atoms with van der Waals surface area (Å²) in [7, 11) is 0. The normalized spacial score (nSPS) is 16.6. The quantitative estimate of drug-likeness (QED) is 0.277. The molecule has 2 rings (SSSR count). The SMILES string of the molecule is CCNC(=NCCCOCC1CCOC1)NCCNC(=O)Cc1ccc(F)cc1. The van der Waals surface area contributed by atoms with Crippen LogP contribution >= 0.6 is 0 Å². The maximum Gasteiger partial charge on any atom is 0.224 e. The van der Waals surface area contributed by atoms with Gasteiger partial charge < -0.3 is 25.4 Å². The molecule has 1 fully saturated rings. The van der Waals surface area contributed by atoms with Crippen molar-refractivity contribution < 1.29 is 18.7 Å². The molecule has 29 heavy (non-hydrogen) atoms. The van der Waals surface area contributed by atoms with Crippen LogP contribution in [0.5, 0.6) is 0 Å². The number of halogens is 1. The second kappa shape index (κ2) is 13.9. The lowest BCUT2D eigenvalue weighted by Crippen LogP contribution is -2.41. The predicted molar refractivity (Wildman–Crippen MR) is 111 cm³/mol. The molecule has 0 saturated carbocycles. The van der Waals surface area contributed by atoms with Gasteiger partial charge in [-0.3, -0.25) is 9.79 Å². The van der Waals surface area contributed by atoms with Gasteiger partial charge in [-0.2, -0.15) is 0 Å². The molecule has 7 nitrogen and oxygen atoms in total. The highest BCUT2D eigenvalue weighted by Gasteiger charge is 2.15. The molecule has 1 unspecified atom stereocenters. The fourth-order valence-electron chi connectivity index (χ4n) is 2.90. The van der Waals surface area contributed by atoms with Gasteiger partial charge in [-0.15, -0.1) is 0 Å². The van der Waals surface area contributed by atoms with E-state index in [9.17, 15) is 9.18 Å². The lowest BCUT2D eigenvalue weighted by molar-refractivity contribution is -0.120. The van der Waals surface area contributed by atoms with Crippen LogP contribution in [0.15, 0.2) is 29.3 Å². The summed E-state index contributed by atoms with van der Waals surface area (Å²) in [6.07, 6.45) is 2.19. The molecule has 0 radical (unpaired) electrons. The van der Waals surface area contributed by atoms with Crippen LogP contribution in [0, 0.1) is 11.7 Å². The van der Waals surface area contributed by atoms with E-state index in [0.29, 0.717) is 32.2 Å². The summed E-state index contributed by atoms with van der Waals surface area (Å²) >= 11 is 0. The van der Waals surface area contributed by atoms with E-state index in [2.05, 4.69) is 20.9 Å². The van der Waals surface area contributed by atoms with Crippen molar-refractivity contribution in [2.75, 3.05) is 52.6 Å². The summed E-state index contributed by atoms with van der Waals surface area (Å²) in [5, 5.41) is 9.23. The maximum atomic E-state index is 12.9. The average molecular weight is 409 g/mol. The van der Waals surface area contributed by atoms with Crippen LogP contribution in [0.1, 0.15) is 25.3 Å². The molecule has 1 amide bonds. The number of ether oxygens (including phenoxy) is 2. The standard InChI is InChI=1S/C21H33FN4O3/c1-2-23-21(25-9-3-12-28-15-18-8-13-29-16-18)26-11-10-24-20(27)14-17-4-6-19(22)7-5-17/h4-7,18H,2-3,8-16H2,1H3,(H,24,27)(H2,23,25,26). The summed E-state index contributed by atoms with van der Waals surface area (Å²) in [5.74, 6) is 0.869. The largest absolute Gasteiger partial charge is 0.381 e. The lowest BCUT2D eigenvalue weighted by atomic mass is 10.1. The summed E-state index contributed by atoms with van der Waals surface area (Å²) in [4.78, 5) is 16.5. The molecular formula is C21H33FN4O3. The minimum absolute atomic E-state index is 0.0924. The lowest BCUT2D eigenvalue weighted by Gasteiger charge is -2.12. The van der Waals surface area contributed by atoms with Crippen molar-refractivity contribution in [3.05, 3.63) is 35.6 Å². The highest BCUT2D eigenvalue weighted by atomic mass is 19.1. The fraction of sp³-hybridized carbons (Fsp3) is 0.619. The molecule has 0 aliphatic carbocycles. The Morgan fingerprint density at radius 1 is 1.24 bits per heavy atom. The number of benzene rings is 1. The van der Waals surface area contributed by atoms with E-state index >= 15 is 0 Å². The van der Waals surface area contributed by atoms with Crippen LogP contribution < -0.4 is 16.0 Å². The first-order valence-corrected chi connectivity index (χ1v) is 10.4. The van der Waals surface area contributed by atoms with Crippen LogP contribution in [-0.4, -0.2) is 64.5 Å². The number of nitrogens with one attached hydrogen (secondary N) is 3. The Bertz CT molecular complexity index is 619. The predicted octanol–water partition coefficient (Wildman–Crippen LogP) is 1.48. The van der Waals surface area contributed by atoms with Gasteiger partial charge in [0.1, 0.15) is 5.82 Å². The van der Waals surface area contributed by atoms with E-state index in [1.807, 2.05) is 6.92 Å². The van der Waals surface area contributed by atoms with Gasteiger partial charge in [0.25, 0.3) is 0 Å². The van der Waals surface area contributed by atoms with E-state index in [1.165, 1.54) is 12.1 Å². The van der Waals surface area contributed by atoms with Gasteiger partial charge in [-0.25, -0.2) is 4.39 Å².